The van der Waals surface area contributed by atoms with Crippen molar-refractivity contribution in [2.75, 3.05) is 31.1 Å². The molecule has 1 fully saturated rings. The number of hydrogen-bond donors (Lipinski definition) is 1. The minimum atomic E-state index is -0.458. The summed E-state index contributed by atoms with van der Waals surface area (Å²) in [5.41, 5.74) is 0. The Kier molecular flexibility index (Phi) is 4.30. The third-order valence-corrected chi connectivity index (χ3v) is 4.17. The fraction of sp³-hybridized carbons (Fsp3) is 0.909. The normalized spacial score (nSPS) is 19.6. The Bertz CT molecular complexity index is 192. The lowest BCUT2D eigenvalue weighted by atomic mass is 10.1. The van der Waals surface area contributed by atoms with Crippen LogP contribution in [-0.2, 0) is 4.79 Å². The lowest BCUT2D eigenvalue weighted by molar-refractivity contribution is -0.124. The van der Waals surface area contributed by atoms with Crippen LogP contribution in [0.15, 0.2) is 0 Å². The number of hydrogen-bond acceptors (Lipinski definition) is 1. The molecule has 0 aromatic rings. The highest BCUT2D eigenvalue weighted by Crippen LogP contribution is 2.33. The van der Waals surface area contributed by atoms with E-state index < -0.39 is 10.0 Å². The van der Waals surface area contributed by atoms with Crippen LogP contribution >= 0.6 is 10.0 Å². The van der Waals surface area contributed by atoms with E-state index in [1.807, 2.05) is 0 Å². The summed E-state index contributed by atoms with van der Waals surface area (Å²) in [5.74, 6) is 1.77. The first kappa shape index (κ1) is 11.9. The molecule has 0 aliphatic heterocycles. The first-order valence-corrected chi connectivity index (χ1v) is 8.45. The standard InChI is InChI=1S/C11H23NOS/c1-14(2,3)9-8-12-11(13)10-6-4-5-7-10/h10H,4-9H2,1-3H3,(H,12,13). The van der Waals surface area contributed by atoms with E-state index in [1.165, 1.54) is 12.8 Å². The van der Waals surface area contributed by atoms with E-state index in [9.17, 15) is 4.79 Å². The second-order valence-corrected chi connectivity index (χ2v) is 9.66. The molecule has 3 heteroatoms. The quantitative estimate of drug-likeness (QED) is 0.766. The maximum atomic E-state index is 11.6. The van der Waals surface area contributed by atoms with Gasteiger partial charge in [-0.25, -0.2) is 10.0 Å². The SMILES string of the molecule is CS(C)(C)CCNC(=O)C1CCCC1. The summed E-state index contributed by atoms with van der Waals surface area (Å²) in [7, 11) is -0.458. The molecule has 0 aromatic carbocycles. The Balaban J connectivity index is 2.15. The van der Waals surface area contributed by atoms with Crippen LogP contribution in [0.5, 0.6) is 0 Å². The topological polar surface area (TPSA) is 29.1 Å². The van der Waals surface area contributed by atoms with Gasteiger partial charge in [-0.15, -0.1) is 0 Å². The van der Waals surface area contributed by atoms with Gasteiger partial charge in [0.15, 0.2) is 0 Å². The van der Waals surface area contributed by atoms with E-state index in [-0.39, 0.29) is 0 Å². The molecule has 1 rings (SSSR count). The molecule has 0 heterocycles. The van der Waals surface area contributed by atoms with E-state index in [4.69, 9.17) is 0 Å². The first-order chi connectivity index (χ1) is 6.49. The number of amides is 1. The van der Waals surface area contributed by atoms with Crippen molar-refractivity contribution in [1.29, 1.82) is 0 Å². The second kappa shape index (κ2) is 5.06. The van der Waals surface area contributed by atoms with E-state index in [2.05, 4.69) is 24.1 Å². The highest BCUT2D eigenvalue weighted by Gasteiger charge is 2.22. The van der Waals surface area contributed by atoms with E-state index in [0.29, 0.717) is 11.8 Å². The van der Waals surface area contributed by atoms with Gasteiger partial charge in [-0.3, -0.25) is 4.79 Å². The van der Waals surface area contributed by atoms with Gasteiger partial charge in [-0.2, -0.15) is 0 Å². The zero-order valence-electron chi connectivity index (χ0n) is 9.64. The van der Waals surface area contributed by atoms with Gasteiger partial charge in [-0.1, -0.05) is 12.8 Å². The van der Waals surface area contributed by atoms with Crippen molar-refractivity contribution in [3.8, 4) is 0 Å². The molecule has 0 saturated heterocycles. The Morgan fingerprint density at radius 3 is 2.36 bits per heavy atom. The third-order valence-electron chi connectivity index (χ3n) is 2.74. The Morgan fingerprint density at radius 1 is 1.29 bits per heavy atom. The van der Waals surface area contributed by atoms with Crippen LogP contribution in [0.4, 0.5) is 0 Å². The molecule has 2 nitrogen and oxygen atoms in total. The van der Waals surface area contributed by atoms with Gasteiger partial charge < -0.3 is 5.32 Å². The molecule has 0 radical (unpaired) electrons. The fourth-order valence-electron chi connectivity index (χ4n) is 1.81. The van der Waals surface area contributed by atoms with Gasteiger partial charge in [0.25, 0.3) is 0 Å². The van der Waals surface area contributed by atoms with Gasteiger partial charge in [0.2, 0.25) is 5.91 Å². The van der Waals surface area contributed by atoms with Crippen LogP contribution in [0.3, 0.4) is 0 Å². The average Bonchev–Trinajstić information content (AvgIpc) is 2.53. The predicted octanol–water partition coefficient (Wildman–Crippen LogP) is 1.99. The summed E-state index contributed by atoms with van der Waals surface area (Å²) in [4.78, 5) is 11.6. The van der Waals surface area contributed by atoms with Gasteiger partial charge >= 0.3 is 0 Å². The molecule has 1 saturated carbocycles. The number of rotatable bonds is 4. The third kappa shape index (κ3) is 4.36. The van der Waals surface area contributed by atoms with Crippen molar-refractivity contribution in [1.82, 2.24) is 5.32 Å². The minimum Gasteiger partial charge on any atom is -0.355 e. The van der Waals surface area contributed by atoms with Crippen molar-refractivity contribution in [3.63, 3.8) is 0 Å². The van der Waals surface area contributed by atoms with Crippen LogP contribution in [0.25, 0.3) is 0 Å². The van der Waals surface area contributed by atoms with Gasteiger partial charge in [0.1, 0.15) is 0 Å². The molecule has 1 N–H and O–H groups in total. The zero-order valence-corrected chi connectivity index (χ0v) is 10.5. The lowest BCUT2D eigenvalue weighted by Crippen LogP contribution is -2.32. The Morgan fingerprint density at radius 2 is 1.86 bits per heavy atom. The Hall–Kier alpha value is -0.180. The van der Waals surface area contributed by atoms with Crippen LogP contribution in [0.2, 0.25) is 0 Å². The number of nitrogens with one attached hydrogen (secondary N) is 1. The summed E-state index contributed by atoms with van der Waals surface area (Å²) in [5, 5.41) is 3.06. The molecule has 0 bridgehead atoms. The Labute approximate surface area is 89.2 Å². The van der Waals surface area contributed by atoms with Gasteiger partial charge in [0, 0.05) is 12.5 Å². The number of carbonyl (C=O) groups excluding carboxylic acids is 1. The molecule has 1 aliphatic rings. The minimum absolute atomic E-state index is 0.297. The lowest BCUT2D eigenvalue weighted by Gasteiger charge is -2.25. The molecule has 0 spiro atoms. The zero-order chi connectivity index (χ0) is 10.6. The fourth-order valence-corrected chi connectivity index (χ4v) is 2.53. The van der Waals surface area contributed by atoms with Crippen molar-refractivity contribution >= 4 is 15.9 Å². The van der Waals surface area contributed by atoms with Gasteiger partial charge in [-0.05, 0) is 37.4 Å². The summed E-state index contributed by atoms with van der Waals surface area (Å²) in [6.45, 7) is 0.869. The molecular formula is C11H23NOS. The van der Waals surface area contributed by atoms with Crippen molar-refractivity contribution in [2.45, 2.75) is 25.7 Å². The monoisotopic (exact) mass is 217 g/mol. The summed E-state index contributed by atoms with van der Waals surface area (Å²) in [6, 6.07) is 0. The van der Waals surface area contributed by atoms with E-state index in [1.54, 1.807) is 0 Å². The molecule has 84 valence electrons. The molecule has 14 heavy (non-hydrogen) atoms. The summed E-state index contributed by atoms with van der Waals surface area (Å²) < 4.78 is 0. The van der Waals surface area contributed by atoms with Crippen LogP contribution < -0.4 is 5.32 Å². The van der Waals surface area contributed by atoms with E-state index >= 15 is 0 Å². The van der Waals surface area contributed by atoms with Crippen molar-refractivity contribution in [3.05, 3.63) is 0 Å². The second-order valence-electron chi connectivity index (χ2n) is 5.07. The molecule has 0 aromatic heterocycles. The molecule has 0 unspecified atom stereocenters. The van der Waals surface area contributed by atoms with Crippen molar-refractivity contribution < 1.29 is 4.79 Å². The van der Waals surface area contributed by atoms with Crippen molar-refractivity contribution in [2.24, 2.45) is 5.92 Å². The molecule has 1 amide bonds. The summed E-state index contributed by atoms with van der Waals surface area (Å²) >= 11 is 0. The largest absolute Gasteiger partial charge is 0.355 e. The maximum Gasteiger partial charge on any atom is 0.223 e. The van der Waals surface area contributed by atoms with Gasteiger partial charge in [0.05, 0.1) is 0 Å². The van der Waals surface area contributed by atoms with Crippen LogP contribution in [0.1, 0.15) is 25.7 Å². The smallest absolute Gasteiger partial charge is 0.223 e. The predicted molar refractivity (Wildman–Crippen MR) is 65.2 cm³/mol. The highest BCUT2D eigenvalue weighted by molar-refractivity contribution is 8.32. The van der Waals surface area contributed by atoms with Crippen LogP contribution in [0, 0.1) is 5.92 Å². The molecular weight excluding hydrogens is 194 g/mol. The first-order valence-electron chi connectivity index (χ1n) is 5.43. The van der Waals surface area contributed by atoms with E-state index in [0.717, 1.165) is 25.1 Å². The maximum absolute atomic E-state index is 11.6. The van der Waals surface area contributed by atoms with Crippen LogP contribution in [-0.4, -0.2) is 37.0 Å². The molecule has 1 aliphatic carbocycles. The highest BCUT2D eigenvalue weighted by atomic mass is 32.3. The average molecular weight is 217 g/mol. The number of carbonyl (C=O) groups is 1. The summed E-state index contributed by atoms with van der Waals surface area (Å²) in [6.07, 6.45) is 11.5. The molecule has 0 atom stereocenters.